The third-order valence-electron chi connectivity index (χ3n) is 1.88. The van der Waals surface area contributed by atoms with Crippen molar-refractivity contribution in [1.82, 2.24) is 5.32 Å². The van der Waals surface area contributed by atoms with E-state index < -0.39 is 9.84 Å². The zero-order valence-electron chi connectivity index (χ0n) is 8.31. The van der Waals surface area contributed by atoms with Crippen LogP contribution in [0, 0.1) is 12.3 Å². The summed E-state index contributed by atoms with van der Waals surface area (Å²) < 4.78 is 23.4. The lowest BCUT2D eigenvalue weighted by Gasteiger charge is -2.03. The van der Waals surface area contributed by atoms with Crippen LogP contribution >= 0.6 is 0 Å². The molecule has 0 heterocycles. The molecule has 0 aliphatic rings. The maximum Gasteiger partial charge on any atom is 0.179 e. The van der Waals surface area contributed by atoms with Crippen LogP contribution < -0.4 is 5.32 Å². The van der Waals surface area contributed by atoms with E-state index in [1.165, 1.54) is 0 Å². The van der Waals surface area contributed by atoms with Gasteiger partial charge in [0.25, 0.3) is 0 Å². The Morgan fingerprint density at radius 2 is 1.93 bits per heavy atom. The predicted octanol–water partition coefficient (Wildman–Crippen LogP) is 0.683. The van der Waals surface area contributed by atoms with E-state index in [-0.39, 0.29) is 5.75 Å². The van der Waals surface area contributed by atoms with Crippen molar-refractivity contribution in [3.63, 3.8) is 0 Å². The van der Waals surface area contributed by atoms with Gasteiger partial charge in [0, 0.05) is 6.54 Å². The van der Waals surface area contributed by atoms with Crippen molar-refractivity contribution >= 4 is 9.84 Å². The van der Waals surface area contributed by atoms with Gasteiger partial charge in [0.2, 0.25) is 0 Å². The molecule has 15 heavy (non-hydrogen) atoms. The van der Waals surface area contributed by atoms with E-state index in [9.17, 15) is 8.42 Å². The molecule has 0 bridgehead atoms. The third-order valence-corrected chi connectivity index (χ3v) is 3.61. The molecule has 0 aromatic heterocycles. The Kier molecular flexibility index (Phi) is 4.35. The standard InChI is InChI=1S/C11H13NO2S/c1-2-8-12-9-10-15(13,14)11-6-4-3-5-7-11/h1,3-7,12H,8-10H2. The number of hydrogen-bond acceptors (Lipinski definition) is 3. The SMILES string of the molecule is C#CCNCCS(=O)(=O)c1ccccc1. The summed E-state index contributed by atoms with van der Waals surface area (Å²) in [7, 11) is -3.17. The average molecular weight is 223 g/mol. The number of hydrogen-bond donors (Lipinski definition) is 1. The summed E-state index contributed by atoms with van der Waals surface area (Å²) in [5.74, 6) is 2.46. The molecule has 0 fully saturated rings. The molecule has 0 saturated carbocycles. The van der Waals surface area contributed by atoms with E-state index in [0.717, 1.165) is 0 Å². The predicted molar refractivity (Wildman–Crippen MR) is 60.2 cm³/mol. The summed E-state index contributed by atoms with van der Waals surface area (Å²) in [5, 5.41) is 2.85. The summed E-state index contributed by atoms with van der Waals surface area (Å²) in [5.41, 5.74) is 0. The lowest BCUT2D eigenvalue weighted by atomic mass is 10.4. The highest BCUT2D eigenvalue weighted by atomic mass is 32.2. The molecule has 0 spiro atoms. The Bertz CT molecular complexity index is 431. The Balaban J connectivity index is 2.58. The van der Waals surface area contributed by atoms with Crippen LogP contribution in [0.25, 0.3) is 0 Å². The lowest BCUT2D eigenvalue weighted by molar-refractivity contribution is 0.593. The van der Waals surface area contributed by atoms with Crippen molar-refractivity contribution < 1.29 is 8.42 Å². The van der Waals surface area contributed by atoms with Crippen molar-refractivity contribution in [3.8, 4) is 12.3 Å². The molecule has 1 aromatic rings. The summed E-state index contributed by atoms with van der Waals surface area (Å²) in [4.78, 5) is 0.354. The number of rotatable bonds is 5. The first-order valence-corrected chi connectivity index (χ1v) is 6.24. The summed E-state index contributed by atoms with van der Waals surface area (Å²) >= 11 is 0. The highest BCUT2D eigenvalue weighted by molar-refractivity contribution is 7.91. The minimum absolute atomic E-state index is 0.0681. The molecular weight excluding hydrogens is 210 g/mol. The van der Waals surface area contributed by atoms with Gasteiger partial charge in [-0.1, -0.05) is 24.1 Å². The minimum atomic E-state index is -3.17. The van der Waals surface area contributed by atoms with E-state index in [0.29, 0.717) is 18.0 Å². The van der Waals surface area contributed by atoms with Gasteiger partial charge in [-0.3, -0.25) is 0 Å². The fourth-order valence-electron chi connectivity index (χ4n) is 1.11. The average Bonchev–Trinajstić information content (AvgIpc) is 2.26. The Morgan fingerprint density at radius 3 is 2.53 bits per heavy atom. The largest absolute Gasteiger partial charge is 0.305 e. The summed E-state index contributed by atoms with van der Waals surface area (Å²) in [6.07, 6.45) is 5.03. The van der Waals surface area contributed by atoms with Crippen molar-refractivity contribution in [2.75, 3.05) is 18.8 Å². The second kappa shape index (κ2) is 5.54. The topological polar surface area (TPSA) is 46.2 Å². The number of sulfone groups is 1. The minimum Gasteiger partial charge on any atom is -0.305 e. The summed E-state index contributed by atoms with van der Waals surface area (Å²) in [6.45, 7) is 0.770. The Hall–Kier alpha value is -1.31. The quantitative estimate of drug-likeness (QED) is 0.590. The van der Waals surface area contributed by atoms with Gasteiger partial charge in [0.05, 0.1) is 17.2 Å². The molecule has 0 aliphatic heterocycles. The highest BCUT2D eigenvalue weighted by Gasteiger charge is 2.12. The van der Waals surface area contributed by atoms with Crippen LogP contribution in [0.4, 0.5) is 0 Å². The molecular formula is C11H13NO2S. The van der Waals surface area contributed by atoms with Crippen LogP contribution in [-0.2, 0) is 9.84 Å². The van der Waals surface area contributed by atoms with E-state index in [4.69, 9.17) is 6.42 Å². The molecule has 1 aromatic carbocycles. The van der Waals surface area contributed by atoms with Crippen LogP contribution in [-0.4, -0.2) is 27.3 Å². The maximum absolute atomic E-state index is 11.7. The van der Waals surface area contributed by atoms with Gasteiger partial charge in [0.1, 0.15) is 0 Å². The second-order valence-electron chi connectivity index (χ2n) is 3.01. The normalized spacial score (nSPS) is 10.9. The fraction of sp³-hybridized carbons (Fsp3) is 0.273. The van der Waals surface area contributed by atoms with Crippen LogP contribution in [0.3, 0.4) is 0 Å². The zero-order chi connectivity index (χ0) is 11.1. The molecule has 0 aliphatic carbocycles. The molecule has 0 amide bonds. The Morgan fingerprint density at radius 1 is 1.27 bits per heavy atom. The molecule has 3 nitrogen and oxygen atoms in total. The lowest BCUT2D eigenvalue weighted by Crippen LogP contribution is -2.23. The van der Waals surface area contributed by atoms with Crippen molar-refractivity contribution in [1.29, 1.82) is 0 Å². The molecule has 0 radical (unpaired) electrons. The van der Waals surface area contributed by atoms with Gasteiger partial charge >= 0.3 is 0 Å². The third kappa shape index (κ3) is 3.74. The molecule has 1 rings (SSSR count). The van der Waals surface area contributed by atoms with Gasteiger partial charge in [-0.15, -0.1) is 6.42 Å². The van der Waals surface area contributed by atoms with Crippen LogP contribution in [0.5, 0.6) is 0 Å². The van der Waals surface area contributed by atoms with E-state index >= 15 is 0 Å². The van der Waals surface area contributed by atoms with Gasteiger partial charge < -0.3 is 5.32 Å². The molecule has 1 N–H and O–H groups in total. The molecule has 4 heteroatoms. The smallest absolute Gasteiger partial charge is 0.179 e. The summed E-state index contributed by atoms with van der Waals surface area (Å²) in [6, 6.07) is 8.39. The first kappa shape index (κ1) is 11.8. The van der Waals surface area contributed by atoms with Gasteiger partial charge in [-0.05, 0) is 12.1 Å². The van der Waals surface area contributed by atoms with Gasteiger partial charge in [-0.25, -0.2) is 8.42 Å². The molecule has 80 valence electrons. The van der Waals surface area contributed by atoms with Crippen LogP contribution in [0.1, 0.15) is 0 Å². The number of terminal acetylenes is 1. The fourth-order valence-corrected chi connectivity index (χ4v) is 2.33. The molecule has 0 unspecified atom stereocenters. The van der Waals surface area contributed by atoms with Crippen LogP contribution in [0.2, 0.25) is 0 Å². The van der Waals surface area contributed by atoms with Crippen molar-refractivity contribution in [3.05, 3.63) is 30.3 Å². The van der Waals surface area contributed by atoms with Crippen LogP contribution in [0.15, 0.2) is 35.2 Å². The second-order valence-corrected chi connectivity index (χ2v) is 5.12. The van der Waals surface area contributed by atoms with Gasteiger partial charge in [0.15, 0.2) is 9.84 Å². The molecule has 0 atom stereocenters. The first-order chi connectivity index (χ1) is 7.17. The van der Waals surface area contributed by atoms with E-state index in [1.54, 1.807) is 30.3 Å². The first-order valence-electron chi connectivity index (χ1n) is 4.59. The number of nitrogens with one attached hydrogen (secondary N) is 1. The highest BCUT2D eigenvalue weighted by Crippen LogP contribution is 2.08. The monoisotopic (exact) mass is 223 g/mol. The van der Waals surface area contributed by atoms with Crippen molar-refractivity contribution in [2.24, 2.45) is 0 Å². The zero-order valence-corrected chi connectivity index (χ0v) is 9.13. The number of benzene rings is 1. The van der Waals surface area contributed by atoms with E-state index in [1.807, 2.05) is 0 Å². The van der Waals surface area contributed by atoms with E-state index in [2.05, 4.69) is 11.2 Å². The van der Waals surface area contributed by atoms with Gasteiger partial charge in [-0.2, -0.15) is 0 Å². The maximum atomic E-state index is 11.7. The molecule has 0 saturated heterocycles. The Labute approximate surface area is 90.4 Å². The van der Waals surface area contributed by atoms with Crippen molar-refractivity contribution in [2.45, 2.75) is 4.90 Å².